The minimum atomic E-state index is -0.795. The highest BCUT2D eigenvalue weighted by atomic mass is 35.5. The van der Waals surface area contributed by atoms with Crippen LogP contribution in [-0.4, -0.2) is 53.6 Å². The Balaban J connectivity index is 1.59. The molecule has 2 unspecified atom stereocenters. The molecule has 0 saturated carbocycles. The lowest BCUT2D eigenvalue weighted by molar-refractivity contribution is -0.147. The van der Waals surface area contributed by atoms with Crippen LogP contribution in [0.1, 0.15) is 37.3 Å². The normalized spacial score (nSPS) is 16.5. The fraction of sp³-hybridized carbons (Fsp3) is 0.417. The third-order valence-electron chi connectivity index (χ3n) is 5.06. The summed E-state index contributed by atoms with van der Waals surface area (Å²) in [5.41, 5.74) is 2.80. The van der Waals surface area contributed by atoms with Crippen LogP contribution in [0.5, 0.6) is 0 Å². The number of halogens is 2. The summed E-state index contributed by atoms with van der Waals surface area (Å²) in [6.45, 7) is 3.41. The lowest BCUT2D eigenvalue weighted by atomic mass is 10.0. The first-order valence-electron chi connectivity index (χ1n) is 10.7. The van der Waals surface area contributed by atoms with E-state index in [2.05, 4.69) is 10.1 Å². The highest BCUT2D eigenvalue weighted by molar-refractivity contribution is 6.42. The second kappa shape index (κ2) is 12.2. The summed E-state index contributed by atoms with van der Waals surface area (Å²) < 4.78 is 5.17. The molecule has 1 aliphatic rings. The van der Waals surface area contributed by atoms with Gasteiger partial charge in [-0.3, -0.25) is 9.69 Å². The number of oxime groups is 1. The molecule has 8 heteroatoms. The molecule has 1 N–H and O–H groups in total. The molecular weight excluding hydrogens is 451 g/mol. The minimum absolute atomic E-state index is 0.0271. The van der Waals surface area contributed by atoms with Crippen LogP contribution in [0.25, 0.3) is 0 Å². The SMILES string of the molecule is CCCC(=O)OCC(O)CN(Cc1ccccc1)CC1CC(c2ccc(Cl)c(Cl)c2)=NO1. The summed E-state index contributed by atoms with van der Waals surface area (Å²) in [7, 11) is 0. The number of benzene rings is 2. The number of esters is 1. The van der Waals surface area contributed by atoms with Gasteiger partial charge in [0.25, 0.3) is 0 Å². The number of rotatable bonds is 11. The van der Waals surface area contributed by atoms with Crippen molar-refractivity contribution in [3.63, 3.8) is 0 Å². The van der Waals surface area contributed by atoms with Crippen molar-refractivity contribution in [3.05, 3.63) is 69.7 Å². The third kappa shape index (κ3) is 7.48. The summed E-state index contributed by atoms with van der Waals surface area (Å²) in [4.78, 5) is 19.4. The topological polar surface area (TPSA) is 71.4 Å². The number of carbonyl (C=O) groups excluding carboxylic acids is 1. The van der Waals surface area contributed by atoms with E-state index < -0.39 is 6.10 Å². The van der Waals surface area contributed by atoms with Gasteiger partial charge in [0.15, 0.2) is 0 Å². The molecule has 3 rings (SSSR count). The zero-order chi connectivity index (χ0) is 22.9. The summed E-state index contributed by atoms with van der Waals surface area (Å²) in [5, 5.41) is 15.7. The monoisotopic (exact) mass is 478 g/mol. The molecule has 0 aromatic heterocycles. The lowest BCUT2D eigenvalue weighted by Gasteiger charge is -2.27. The number of nitrogens with zero attached hydrogens (tertiary/aromatic N) is 2. The number of ether oxygens (including phenoxy) is 1. The summed E-state index contributed by atoms with van der Waals surface area (Å²) in [6, 6.07) is 15.4. The van der Waals surface area contributed by atoms with Crippen molar-refractivity contribution >= 4 is 34.9 Å². The maximum atomic E-state index is 11.6. The third-order valence-corrected chi connectivity index (χ3v) is 5.80. The molecule has 0 bridgehead atoms. The molecule has 2 atom stereocenters. The van der Waals surface area contributed by atoms with Gasteiger partial charge in [0.05, 0.1) is 15.8 Å². The van der Waals surface area contributed by atoms with Gasteiger partial charge < -0.3 is 14.7 Å². The second-order valence-corrected chi connectivity index (χ2v) is 8.68. The predicted octanol–water partition coefficient (Wildman–Crippen LogP) is 4.69. The quantitative estimate of drug-likeness (QED) is 0.474. The first-order valence-corrected chi connectivity index (χ1v) is 11.5. The average Bonchev–Trinajstić information content (AvgIpc) is 3.23. The largest absolute Gasteiger partial charge is 0.463 e. The van der Waals surface area contributed by atoms with E-state index >= 15 is 0 Å². The van der Waals surface area contributed by atoms with E-state index in [9.17, 15) is 9.90 Å². The average molecular weight is 479 g/mol. The zero-order valence-electron chi connectivity index (χ0n) is 18.0. The maximum absolute atomic E-state index is 11.6. The van der Waals surface area contributed by atoms with E-state index in [4.69, 9.17) is 32.8 Å². The van der Waals surface area contributed by atoms with E-state index in [1.165, 1.54) is 0 Å². The Morgan fingerprint density at radius 1 is 1.25 bits per heavy atom. The van der Waals surface area contributed by atoms with Crippen molar-refractivity contribution < 1.29 is 19.5 Å². The Morgan fingerprint density at radius 2 is 2.03 bits per heavy atom. The molecule has 6 nitrogen and oxygen atoms in total. The number of aliphatic hydroxyl groups excluding tert-OH is 1. The van der Waals surface area contributed by atoms with Crippen LogP contribution in [0.15, 0.2) is 53.7 Å². The van der Waals surface area contributed by atoms with Crippen LogP contribution >= 0.6 is 23.2 Å². The predicted molar refractivity (Wildman–Crippen MR) is 126 cm³/mol. The summed E-state index contributed by atoms with van der Waals surface area (Å²) in [5.74, 6) is -0.292. The van der Waals surface area contributed by atoms with Gasteiger partial charge in [-0.1, -0.05) is 71.7 Å². The van der Waals surface area contributed by atoms with Gasteiger partial charge in [0.2, 0.25) is 0 Å². The first-order chi connectivity index (χ1) is 15.4. The van der Waals surface area contributed by atoms with Gasteiger partial charge >= 0.3 is 5.97 Å². The summed E-state index contributed by atoms with van der Waals surface area (Å²) >= 11 is 12.1. The Labute approximate surface area is 198 Å². The van der Waals surface area contributed by atoms with E-state index in [1.807, 2.05) is 43.3 Å². The summed E-state index contributed by atoms with van der Waals surface area (Å²) in [6.07, 6.45) is 0.722. The molecule has 2 aromatic rings. The van der Waals surface area contributed by atoms with Crippen molar-refractivity contribution in [2.24, 2.45) is 5.16 Å². The Kier molecular flexibility index (Phi) is 9.36. The molecule has 0 aliphatic carbocycles. The van der Waals surface area contributed by atoms with E-state index in [0.717, 1.165) is 23.3 Å². The molecule has 0 fully saturated rings. The van der Waals surface area contributed by atoms with Gasteiger partial charge in [0.1, 0.15) is 18.8 Å². The van der Waals surface area contributed by atoms with Crippen LogP contribution in [0.3, 0.4) is 0 Å². The van der Waals surface area contributed by atoms with E-state index in [0.29, 0.717) is 42.5 Å². The second-order valence-electron chi connectivity index (χ2n) is 7.86. The maximum Gasteiger partial charge on any atom is 0.305 e. The molecule has 0 radical (unpaired) electrons. The van der Waals surface area contributed by atoms with Gasteiger partial charge in [-0.2, -0.15) is 0 Å². The standard InChI is InChI=1S/C24H28Cl2N2O4/c1-2-6-24(30)31-16-19(29)14-28(13-17-7-4-3-5-8-17)15-20-12-23(27-32-20)18-9-10-21(25)22(26)11-18/h3-5,7-11,19-20,29H,2,6,12-16H2,1H3. The van der Waals surface area contributed by atoms with Crippen LogP contribution in [0, 0.1) is 0 Å². The molecule has 32 heavy (non-hydrogen) atoms. The Bertz CT molecular complexity index is 923. The van der Waals surface area contributed by atoms with E-state index in [-0.39, 0.29) is 18.7 Å². The highest BCUT2D eigenvalue weighted by Gasteiger charge is 2.26. The van der Waals surface area contributed by atoms with Crippen LogP contribution in [0.4, 0.5) is 0 Å². The fourth-order valence-corrected chi connectivity index (χ4v) is 3.82. The number of hydrogen-bond acceptors (Lipinski definition) is 6. The fourth-order valence-electron chi connectivity index (χ4n) is 3.52. The molecule has 0 amide bonds. The van der Waals surface area contributed by atoms with E-state index in [1.54, 1.807) is 12.1 Å². The van der Waals surface area contributed by atoms with Crippen molar-refractivity contribution in [2.75, 3.05) is 19.7 Å². The van der Waals surface area contributed by atoms with Crippen LogP contribution < -0.4 is 0 Å². The molecule has 0 spiro atoms. The molecule has 0 saturated heterocycles. The minimum Gasteiger partial charge on any atom is -0.463 e. The van der Waals surface area contributed by atoms with Crippen molar-refractivity contribution in [1.29, 1.82) is 0 Å². The smallest absolute Gasteiger partial charge is 0.305 e. The molecule has 1 aliphatic heterocycles. The van der Waals surface area contributed by atoms with Gasteiger partial charge in [-0.05, 0) is 24.1 Å². The van der Waals surface area contributed by atoms with Crippen LogP contribution in [0.2, 0.25) is 10.0 Å². The first kappa shape index (κ1) is 24.5. The lowest BCUT2D eigenvalue weighted by Crippen LogP contribution is -2.39. The number of hydrogen-bond donors (Lipinski definition) is 1. The van der Waals surface area contributed by atoms with Crippen LogP contribution in [-0.2, 0) is 20.9 Å². The zero-order valence-corrected chi connectivity index (χ0v) is 19.6. The Hall–Kier alpha value is -2.12. The van der Waals surface area contributed by atoms with Crippen molar-refractivity contribution in [3.8, 4) is 0 Å². The number of carbonyl (C=O) groups is 1. The Morgan fingerprint density at radius 3 is 2.75 bits per heavy atom. The molecular formula is C24H28Cl2N2O4. The van der Waals surface area contributed by atoms with Crippen molar-refractivity contribution in [1.82, 2.24) is 4.90 Å². The molecule has 2 aromatic carbocycles. The van der Waals surface area contributed by atoms with Crippen molar-refractivity contribution in [2.45, 2.75) is 44.9 Å². The molecule has 172 valence electrons. The van der Waals surface area contributed by atoms with Gasteiger partial charge in [-0.25, -0.2) is 0 Å². The number of aliphatic hydroxyl groups is 1. The highest BCUT2D eigenvalue weighted by Crippen LogP contribution is 2.26. The van der Waals surface area contributed by atoms with Gasteiger partial charge in [0, 0.05) is 38.0 Å². The van der Waals surface area contributed by atoms with Gasteiger partial charge in [-0.15, -0.1) is 0 Å². The molecule has 1 heterocycles.